The molecule has 0 unspecified atom stereocenters. The van der Waals surface area contributed by atoms with Gasteiger partial charge in [0.15, 0.2) is 11.6 Å². The summed E-state index contributed by atoms with van der Waals surface area (Å²) in [7, 11) is 0. The van der Waals surface area contributed by atoms with Crippen LogP contribution in [0.3, 0.4) is 0 Å². The Morgan fingerprint density at radius 3 is 2.88 bits per heavy atom. The Morgan fingerprint density at radius 2 is 2.04 bits per heavy atom. The van der Waals surface area contributed by atoms with Gasteiger partial charge in [0.25, 0.3) is 5.89 Å². The van der Waals surface area contributed by atoms with E-state index in [2.05, 4.69) is 26.3 Å². The summed E-state index contributed by atoms with van der Waals surface area (Å²) >= 11 is 0. The first-order chi connectivity index (χ1) is 12.7. The minimum Gasteiger partial charge on any atom is -0.334 e. The summed E-state index contributed by atoms with van der Waals surface area (Å²) in [6.07, 6.45) is 1.47. The van der Waals surface area contributed by atoms with Gasteiger partial charge in [-0.1, -0.05) is 35.5 Å². The second kappa shape index (κ2) is 6.61. The van der Waals surface area contributed by atoms with E-state index in [1.807, 2.05) is 43.3 Å². The van der Waals surface area contributed by atoms with Gasteiger partial charge in [-0.25, -0.2) is 9.67 Å². The Morgan fingerprint density at radius 1 is 1.15 bits per heavy atom. The van der Waals surface area contributed by atoms with Gasteiger partial charge in [0.2, 0.25) is 0 Å². The van der Waals surface area contributed by atoms with Gasteiger partial charge < -0.3 is 4.52 Å². The fourth-order valence-electron chi connectivity index (χ4n) is 2.71. The highest BCUT2D eigenvalue weighted by molar-refractivity contribution is 5.59. The molecule has 0 aliphatic carbocycles. The summed E-state index contributed by atoms with van der Waals surface area (Å²) in [6.45, 7) is 2.32. The molecule has 2 heterocycles. The fourth-order valence-corrected chi connectivity index (χ4v) is 2.71. The maximum Gasteiger partial charge on any atom is 0.258 e. The number of nitrogens with zero attached hydrogens (tertiary/aromatic N) is 6. The molecule has 0 aliphatic rings. The zero-order valence-electron chi connectivity index (χ0n) is 14.0. The molecule has 2 aromatic heterocycles. The number of aromatic nitrogens is 5. The highest BCUT2D eigenvalue weighted by Crippen LogP contribution is 2.22. The molecule has 0 spiro atoms. The third-order valence-corrected chi connectivity index (χ3v) is 4.00. The van der Waals surface area contributed by atoms with Crippen LogP contribution in [0.15, 0.2) is 59.4 Å². The van der Waals surface area contributed by atoms with E-state index in [0.29, 0.717) is 29.6 Å². The fraction of sp³-hybridized carbons (Fsp3) is 0.105. The van der Waals surface area contributed by atoms with E-state index < -0.39 is 0 Å². The van der Waals surface area contributed by atoms with Crippen molar-refractivity contribution in [2.24, 2.45) is 0 Å². The van der Waals surface area contributed by atoms with Crippen LogP contribution in [-0.4, -0.2) is 24.9 Å². The molecule has 0 radical (unpaired) electrons. The topological polar surface area (TPSA) is 93.4 Å². The van der Waals surface area contributed by atoms with Gasteiger partial charge >= 0.3 is 0 Å². The molecule has 4 aromatic rings. The summed E-state index contributed by atoms with van der Waals surface area (Å²) < 4.78 is 7.08. The lowest BCUT2D eigenvalue weighted by atomic mass is 10.1. The third kappa shape index (κ3) is 2.96. The molecule has 0 bridgehead atoms. The van der Waals surface area contributed by atoms with Gasteiger partial charge in [-0.2, -0.15) is 15.3 Å². The largest absolute Gasteiger partial charge is 0.334 e. The van der Waals surface area contributed by atoms with Crippen molar-refractivity contribution < 1.29 is 4.52 Å². The number of aryl methyl sites for hydroxylation is 1. The minimum absolute atomic E-state index is 0.321. The number of benzene rings is 2. The standard InChI is InChI=1S/C19H14N6O/c1-13-5-2-3-8-16(13)19-23-17(24-26-19)11-25-18(21-12-22-25)15-7-4-6-14(9-15)10-20/h2-9,12H,11H2,1H3. The SMILES string of the molecule is Cc1ccccc1-c1nc(Cn2ncnc2-c2cccc(C#N)c2)no1. The van der Waals surface area contributed by atoms with Gasteiger partial charge in [0.1, 0.15) is 12.9 Å². The quantitative estimate of drug-likeness (QED) is 0.565. The first-order valence-corrected chi connectivity index (χ1v) is 8.01. The van der Waals surface area contributed by atoms with Crippen molar-refractivity contribution in [2.45, 2.75) is 13.5 Å². The number of rotatable bonds is 4. The van der Waals surface area contributed by atoms with Gasteiger partial charge in [0, 0.05) is 11.1 Å². The second-order valence-corrected chi connectivity index (χ2v) is 5.76. The van der Waals surface area contributed by atoms with Crippen LogP contribution in [0.5, 0.6) is 0 Å². The van der Waals surface area contributed by atoms with Crippen molar-refractivity contribution in [1.82, 2.24) is 24.9 Å². The summed E-state index contributed by atoms with van der Waals surface area (Å²) in [5.74, 6) is 1.63. The van der Waals surface area contributed by atoms with Crippen molar-refractivity contribution >= 4 is 0 Å². The Kier molecular flexibility index (Phi) is 4.00. The second-order valence-electron chi connectivity index (χ2n) is 5.76. The predicted molar refractivity (Wildman–Crippen MR) is 93.7 cm³/mol. The average molecular weight is 342 g/mol. The van der Waals surface area contributed by atoms with E-state index in [1.165, 1.54) is 6.33 Å². The van der Waals surface area contributed by atoms with Crippen LogP contribution in [-0.2, 0) is 6.54 Å². The van der Waals surface area contributed by atoms with E-state index in [0.717, 1.165) is 16.7 Å². The lowest BCUT2D eigenvalue weighted by Crippen LogP contribution is -2.05. The first kappa shape index (κ1) is 15.7. The van der Waals surface area contributed by atoms with Crippen LogP contribution in [0, 0.1) is 18.3 Å². The van der Waals surface area contributed by atoms with Crippen LogP contribution >= 0.6 is 0 Å². The van der Waals surface area contributed by atoms with Crippen LogP contribution in [0.4, 0.5) is 0 Å². The van der Waals surface area contributed by atoms with Crippen molar-refractivity contribution in [3.05, 3.63) is 71.8 Å². The van der Waals surface area contributed by atoms with E-state index in [9.17, 15) is 0 Å². The highest BCUT2D eigenvalue weighted by Gasteiger charge is 2.14. The molecule has 26 heavy (non-hydrogen) atoms. The molecule has 2 aromatic carbocycles. The molecule has 0 N–H and O–H groups in total. The molecule has 126 valence electrons. The molecule has 0 aliphatic heterocycles. The van der Waals surface area contributed by atoms with Crippen LogP contribution in [0.1, 0.15) is 17.0 Å². The van der Waals surface area contributed by atoms with Gasteiger partial charge in [-0.15, -0.1) is 0 Å². The Hall–Kier alpha value is -3.79. The van der Waals surface area contributed by atoms with E-state index in [1.54, 1.807) is 16.8 Å². The summed E-state index contributed by atoms with van der Waals surface area (Å²) in [5.41, 5.74) is 3.35. The molecule has 4 rings (SSSR count). The summed E-state index contributed by atoms with van der Waals surface area (Å²) in [4.78, 5) is 8.76. The zero-order chi connectivity index (χ0) is 17.9. The normalized spacial score (nSPS) is 10.6. The number of hydrogen-bond acceptors (Lipinski definition) is 6. The monoisotopic (exact) mass is 342 g/mol. The van der Waals surface area contributed by atoms with Crippen LogP contribution in [0.25, 0.3) is 22.8 Å². The molecule has 7 nitrogen and oxygen atoms in total. The molecule has 0 fully saturated rings. The average Bonchev–Trinajstić information content (AvgIpc) is 3.32. The maximum absolute atomic E-state index is 9.07. The Labute approximate surface area is 149 Å². The van der Waals surface area contributed by atoms with E-state index in [4.69, 9.17) is 9.78 Å². The Balaban J connectivity index is 1.63. The smallest absolute Gasteiger partial charge is 0.258 e. The van der Waals surface area contributed by atoms with E-state index >= 15 is 0 Å². The Bertz CT molecular complexity index is 1100. The maximum atomic E-state index is 9.07. The number of hydrogen-bond donors (Lipinski definition) is 0. The van der Waals surface area contributed by atoms with Gasteiger partial charge in [-0.3, -0.25) is 0 Å². The number of nitriles is 1. The molecule has 0 saturated carbocycles. The third-order valence-electron chi connectivity index (χ3n) is 4.00. The summed E-state index contributed by atoms with van der Waals surface area (Å²) in [5, 5.41) is 17.4. The van der Waals surface area contributed by atoms with Crippen molar-refractivity contribution in [3.8, 4) is 28.9 Å². The van der Waals surface area contributed by atoms with E-state index in [-0.39, 0.29) is 0 Å². The zero-order valence-corrected chi connectivity index (χ0v) is 14.0. The first-order valence-electron chi connectivity index (χ1n) is 8.01. The van der Waals surface area contributed by atoms with Crippen molar-refractivity contribution in [1.29, 1.82) is 5.26 Å². The van der Waals surface area contributed by atoms with Gasteiger partial charge in [-0.05, 0) is 30.7 Å². The lowest BCUT2D eigenvalue weighted by Gasteiger charge is -2.03. The van der Waals surface area contributed by atoms with Crippen molar-refractivity contribution in [3.63, 3.8) is 0 Å². The minimum atomic E-state index is 0.321. The molecular weight excluding hydrogens is 328 g/mol. The van der Waals surface area contributed by atoms with Gasteiger partial charge in [0.05, 0.1) is 11.6 Å². The molecule has 0 atom stereocenters. The van der Waals surface area contributed by atoms with Crippen LogP contribution < -0.4 is 0 Å². The van der Waals surface area contributed by atoms with Crippen LogP contribution in [0.2, 0.25) is 0 Å². The molecule has 0 saturated heterocycles. The highest BCUT2D eigenvalue weighted by atomic mass is 16.5. The summed E-state index contributed by atoms with van der Waals surface area (Å²) in [6, 6.07) is 17.2. The molecule has 7 heteroatoms. The predicted octanol–water partition coefficient (Wildman–Crippen LogP) is 3.22. The molecule has 0 amide bonds. The lowest BCUT2D eigenvalue weighted by molar-refractivity contribution is 0.419. The van der Waals surface area contributed by atoms with Crippen molar-refractivity contribution in [2.75, 3.05) is 0 Å². The molecular formula is C19H14N6O.